The second kappa shape index (κ2) is 6.39. The van der Waals surface area contributed by atoms with Crippen molar-refractivity contribution in [3.8, 4) is 0 Å². The van der Waals surface area contributed by atoms with Crippen LogP contribution in [0.3, 0.4) is 0 Å². The molecule has 2 N–H and O–H groups in total. The van der Waals surface area contributed by atoms with Crippen molar-refractivity contribution in [2.45, 2.75) is 20.3 Å². The van der Waals surface area contributed by atoms with Crippen LogP contribution >= 0.6 is 27.5 Å². The Bertz CT molecular complexity index is 507. The highest BCUT2D eigenvalue weighted by atomic mass is 79.9. The molecule has 0 aliphatic carbocycles. The van der Waals surface area contributed by atoms with Crippen LogP contribution in [0.2, 0.25) is 5.02 Å². The third-order valence-electron chi connectivity index (χ3n) is 3.11. The van der Waals surface area contributed by atoms with Crippen LogP contribution in [-0.4, -0.2) is 23.5 Å². The molecule has 0 radical (unpaired) electrons. The number of hydrogen-bond donors (Lipinski definition) is 2. The summed E-state index contributed by atoms with van der Waals surface area (Å²) >= 11 is 9.10. The maximum atomic E-state index is 12.0. The summed E-state index contributed by atoms with van der Waals surface area (Å²) in [7, 11) is 0. The van der Waals surface area contributed by atoms with Gasteiger partial charge in [-0.25, -0.2) is 0 Å². The molecule has 4 nitrogen and oxygen atoms in total. The summed E-state index contributed by atoms with van der Waals surface area (Å²) in [5.41, 5.74) is -0.586. The Morgan fingerprint density at radius 2 is 2.11 bits per heavy atom. The molecule has 0 heterocycles. The zero-order valence-electron chi connectivity index (χ0n) is 10.7. The van der Waals surface area contributed by atoms with E-state index in [2.05, 4.69) is 21.2 Å². The molecule has 0 fully saturated rings. The van der Waals surface area contributed by atoms with Gasteiger partial charge in [0.25, 0.3) is 5.91 Å². The predicted octanol–water partition coefficient (Wildman–Crippen LogP) is 3.33. The summed E-state index contributed by atoms with van der Waals surface area (Å²) in [5, 5.41) is 12.2. The average Bonchev–Trinajstić information content (AvgIpc) is 2.38. The molecular formula is C13H15BrClNO3. The van der Waals surface area contributed by atoms with Crippen molar-refractivity contribution in [3.05, 3.63) is 33.3 Å². The maximum Gasteiger partial charge on any atom is 0.311 e. The molecule has 0 saturated carbocycles. The molecule has 1 aromatic rings. The van der Waals surface area contributed by atoms with Gasteiger partial charge in [0.05, 0.1) is 11.0 Å². The van der Waals surface area contributed by atoms with Gasteiger partial charge in [0.1, 0.15) is 0 Å². The largest absolute Gasteiger partial charge is 0.481 e. The number of carbonyl (C=O) groups excluding carboxylic acids is 1. The van der Waals surface area contributed by atoms with E-state index in [1.165, 1.54) is 6.07 Å². The van der Waals surface area contributed by atoms with Crippen LogP contribution in [0.5, 0.6) is 0 Å². The van der Waals surface area contributed by atoms with E-state index >= 15 is 0 Å². The monoisotopic (exact) mass is 347 g/mol. The van der Waals surface area contributed by atoms with E-state index in [1.807, 2.05) is 0 Å². The number of aliphatic carboxylic acids is 1. The van der Waals surface area contributed by atoms with Gasteiger partial charge in [-0.15, -0.1) is 0 Å². The zero-order valence-corrected chi connectivity index (χ0v) is 13.0. The molecule has 0 aliphatic rings. The fourth-order valence-corrected chi connectivity index (χ4v) is 1.99. The third-order valence-corrected chi connectivity index (χ3v) is 4.04. The predicted molar refractivity (Wildman–Crippen MR) is 77.5 cm³/mol. The van der Waals surface area contributed by atoms with Crippen LogP contribution < -0.4 is 5.32 Å². The number of rotatable bonds is 5. The summed E-state index contributed by atoms with van der Waals surface area (Å²) < 4.78 is 0.614. The normalized spacial score (nSPS) is 13.7. The lowest BCUT2D eigenvalue weighted by atomic mass is 9.87. The molecule has 1 amide bonds. The van der Waals surface area contributed by atoms with Crippen LogP contribution in [0.25, 0.3) is 0 Å². The van der Waals surface area contributed by atoms with Crippen molar-refractivity contribution < 1.29 is 14.7 Å². The zero-order chi connectivity index (χ0) is 14.6. The molecule has 0 bridgehead atoms. The first-order chi connectivity index (χ1) is 8.80. The molecule has 0 saturated heterocycles. The molecular weight excluding hydrogens is 334 g/mol. The highest BCUT2D eigenvalue weighted by Crippen LogP contribution is 2.23. The van der Waals surface area contributed by atoms with Crippen LogP contribution in [0.15, 0.2) is 22.7 Å². The van der Waals surface area contributed by atoms with Crippen molar-refractivity contribution in [3.63, 3.8) is 0 Å². The second-order valence-electron chi connectivity index (χ2n) is 4.53. The molecule has 6 heteroatoms. The Kier molecular flexibility index (Phi) is 5.38. The minimum atomic E-state index is -0.972. The van der Waals surface area contributed by atoms with E-state index < -0.39 is 11.4 Å². The van der Waals surface area contributed by atoms with Gasteiger partial charge in [-0.1, -0.05) is 18.5 Å². The topological polar surface area (TPSA) is 66.4 Å². The smallest absolute Gasteiger partial charge is 0.311 e. The number of halogens is 2. The summed E-state index contributed by atoms with van der Waals surface area (Å²) in [5.74, 6) is -1.28. The molecule has 104 valence electrons. The Morgan fingerprint density at radius 3 is 2.63 bits per heavy atom. The molecule has 0 aromatic heterocycles. The first-order valence-electron chi connectivity index (χ1n) is 5.77. The summed E-state index contributed by atoms with van der Waals surface area (Å²) in [4.78, 5) is 23.2. The summed E-state index contributed by atoms with van der Waals surface area (Å²) in [6.07, 6.45) is 0.430. The number of benzene rings is 1. The molecule has 1 atom stereocenters. The van der Waals surface area contributed by atoms with Gasteiger partial charge in [0.15, 0.2) is 0 Å². The molecule has 1 aromatic carbocycles. The minimum Gasteiger partial charge on any atom is -0.481 e. The van der Waals surface area contributed by atoms with E-state index in [9.17, 15) is 9.59 Å². The highest BCUT2D eigenvalue weighted by molar-refractivity contribution is 9.10. The Morgan fingerprint density at radius 1 is 1.47 bits per heavy atom. The highest BCUT2D eigenvalue weighted by Gasteiger charge is 2.31. The summed E-state index contributed by atoms with van der Waals surface area (Å²) in [6, 6.07) is 4.87. The minimum absolute atomic E-state index is 0.0661. The van der Waals surface area contributed by atoms with Crippen LogP contribution in [0.4, 0.5) is 0 Å². The number of carboxylic acids is 1. The van der Waals surface area contributed by atoms with Gasteiger partial charge in [-0.05, 0) is 47.5 Å². The SMILES string of the molecule is CCC(C)(CNC(=O)c1cc(Cl)ccc1Br)C(=O)O. The first kappa shape index (κ1) is 16.0. The molecule has 1 rings (SSSR count). The number of carboxylic acid groups (broad SMARTS) is 1. The maximum absolute atomic E-state index is 12.0. The quantitative estimate of drug-likeness (QED) is 0.857. The van der Waals surface area contributed by atoms with Crippen molar-refractivity contribution in [1.29, 1.82) is 0 Å². The number of amides is 1. The lowest BCUT2D eigenvalue weighted by Crippen LogP contribution is -2.40. The number of carbonyl (C=O) groups is 2. The van der Waals surface area contributed by atoms with Gasteiger partial charge < -0.3 is 10.4 Å². The van der Waals surface area contributed by atoms with Gasteiger partial charge in [-0.2, -0.15) is 0 Å². The van der Waals surface area contributed by atoms with E-state index in [-0.39, 0.29) is 12.5 Å². The van der Waals surface area contributed by atoms with Crippen LogP contribution in [-0.2, 0) is 4.79 Å². The first-order valence-corrected chi connectivity index (χ1v) is 6.94. The second-order valence-corrected chi connectivity index (χ2v) is 5.82. The van der Waals surface area contributed by atoms with Crippen molar-refractivity contribution >= 4 is 39.4 Å². The Labute approximate surface area is 125 Å². The van der Waals surface area contributed by atoms with Crippen molar-refractivity contribution in [1.82, 2.24) is 5.32 Å². The Hall–Kier alpha value is -1.07. The van der Waals surface area contributed by atoms with Gasteiger partial charge in [-0.3, -0.25) is 9.59 Å². The fourth-order valence-electron chi connectivity index (χ4n) is 1.39. The van der Waals surface area contributed by atoms with E-state index in [1.54, 1.807) is 26.0 Å². The average molecular weight is 349 g/mol. The number of nitrogens with one attached hydrogen (secondary N) is 1. The fraction of sp³-hybridized carbons (Fsp3) is 0.385. The van der Waals surface area contributed by atoms with Gasteiger partial charge in [0, 0.05) is 16.0 Å². The number of hydrogen-bond acceptors (Lipinski definition) is 2. The van der Waals surface area contributed by atoms with Gasteiger partial charge >= 0.3 is 5.97 Å². The van der Waals surface area contributed by atoms with Crippen molar-refractivity contribution in [2.24, 2.45) is 5.41 Å². The molecule has 1 unspecified atom stereocenters. The van der Waals surface area contributed by atoms with E-state index in [4.69, 9.17) is 16.7 Å². The Balaban J connectivity index is 2.81. The van der Waals surface area contributed by atoms with Crippen LogP contribution in [0.1, 0.15) is 30.6 Å². The standard InChI is InChI=1S/C13H15BrClNO3/c1-3-13(2,12(18)19)7-16-11(17)9-6-8(15)4-5-10(9)14/h4-6H,3,7H2,1-2H3,(H,16,17)(H,18,19). The van der Waals surface area contributed by atoms with E-state index in [0.717, 1.165) is 0 Å². The van der Waals surface area contributed by atoms with Crippen LogP contribution in [0, 0.1) is 5.41 Å². The molecule has 0 spiro atoms. The van der Waals surface area contributed by atoms with E-state index in [0.29, 0.717) is 21.5 Å². The third kappa shape index (κ3) is 3.94. The molecule has 19 heavy (non-hydrogen) atoms. The molecule has 0 aliphatic heterocycles. The lowest BCUT2D eigenvalue weighted by molar-refractivity contribution is -0.147. The van der Waals surface area contributed by atoms with Crippen molar-refractivity contribution in [2.75, 3.05) is 6.54 Å². The summed E-state index contributed by atoms with van der Waals surface area (Å²) in [6.45, 7) is 3.44. The van der Waals surface area contributed by atoms with Gasteiger partial charge in [0.2, 0.25) is 0 Å². The lowest BCUT2D eigenvalue weighted by Gasteiger charge is -2.23.